The molecule has 0 radical (unpaired) electrons. The van der Waals surface area contributed by atoms with Crippen molar-refractivity contribution in [1.82, 2.24) is 10.2 Å². The van der Waals surface area contributed by atoms with Crippen molar-refractivity contribution in [3.8, 4) is 0 Å². The molecule has 6 atom stereocenters. The number of amides is 2. The molecule has 5 rings (SSSR count). The normalized spacial score (nSPS) is 33.0. The highest BCUT2D eigenvalue weighted by Gasteiger charge is 2.57. The van der Waals surface area contributed by atoms with Crippen LogP contribution in [0.4, 0.5) is 0 Å². The van der Waals surface area contributed by atoms with E-state index in [4.69, 9.17) is 23.2 Å². The Kier molecular flexibility index (Phi) is 6.18. The van der Waals surface area contributed by atoms with Crippen LogP contribution in [0.15, 0.2) is 42.5 Å². The predicted octanol–water partition coefficient (Wildman–Crippen LogP) is 6.42. The molecule has 3 aliphatic rings. The molecule has 2 saturated heterocycles. The lowest BCUT2D eigenvalue weighted by molar-refractivity contribution is -0.129. The van der Waals surface area contributed by atoms with Crippen molar-refractivity contribution in [2.75, 3.05) is 6.54 Å². The van der Waals surface area contributed by atoms with Gasteiger partial charge in [-0.3, -0.25) is 9.59 Å². The van der Waals surface area contributed by atoms with E-state index >= 15 is 0 Å². The molecule has 2 amide bonds. The molecule has 2 aliphatic heterocycles. The zero-order valence-corrected chi connectivity index (χ0v) is 21.5. The second-order valence-corrected chi connectivity index (χ2v) is 11.5. The second-order valence-electron chi connectivity index (χ2n) is 10.7. The van der Waals surface area contributed by atoms with Crippen LogP contribution in [-0.2, 0) is 4.79 Å². The molecule has 2 heterocycles. The number of halogens is 2. The molecule has 180 valence electrons. The number of hydrogen-bond donors (Lipinski definition) is 1. The summed E-state index contributed by atoms with van der Waals surface area (Å²) in [6.07, 6.45) is 3.77. The number of carbonyl (C=O) groups is 2. The van der Waals surface area contributed by atoms with Gasteiger partial charge in [0, 0.05) is 40.2 Å². The van der Waals surface area contributed by atoms with Gasteiger partial charge in [-0.15, -0.1) is 0 Å². The topological polar surface area (TPSA) is 49.4 Å². The summed E-state index contributed by atoms with van der Waals surface area (Å²) in [6.45, 7) is 7.13. The van der Waals surface area contributed by atoms with Gasteiger partial charge in [-0.05, 0) is 86.8 Å². The number of benzene rings is 2. The van der Waals surface area contributed by atoms with Crippen molar-refractivity contribution in [3.63, 3.8) is 0 Å². The van der Waals surface area contributed by atoms with Gasteiger partial charge in [0.25, 0.3) is 5.91 Å². The third-order valence-corrected chi connectivity index (χ3v) is 9.24. The first-order valence-electron chi connectivity index (χ1n) is 12.4. The number of rotatable bonds is 3. The first kappa shape index (κ1) is 23.7. The molecule has 0 aromatic heterocycles. The highest BCUT2D eigenvalue weighted by molar-refractivity contribution is 6.32. The van der Waals surface area contributed by atoms with Gasteiger partial charge in [0.2, 0.25) is 5.91 Å². The Labute approximate surface area is 212 Å². The third-order valence-electron chi connectivity index (χ3n) is 8.66. The Hall–Kier alpha value is -2.04. The summed E-state index contributed by atoms with van der Waals surface area (Å²) >= 11 is 13.1. The van der Waals surface area contributed by atoms with Gasteiger partial charge in [0.1, 0.15) is 0 Å². The molecule has 2 aromatic rings. The summed E-state index contributed by atoms with van der Waals surface area (Å²) in [4.78, 5) is 28.0. The van der Waals surface area contributed by atoms with Crippen LogP contribution in [0.3, 0.4) is 0 Å². The van der Waals surface area contributed by atoms with Crippen molar-refractivity contribution in [2.24, 2.45) is 11.3 Å². The Morgan fingerprint density at radius 2 is 1.82 bits per heavy atom. The minimum Gasteiger partial charge on any atom is -0.353 e. The molecule has 3 fully saturated rings. The highest BCUT2D eigenvalue weighted by Crippen LogP contribution is 2.59. The summed E-state index contributed by atoms with van der Waals surface area (Å²) in [5, 5.41) is 4.54. The van der Waals surface area contributed by atoms with Crippen LogP contribution in [0.25, 0.3) is 0 Å². The number of fused-ring (bicyclic) bond motifs is 1. The van der Waals surface area contributed by atoms with Gasteiger partial charge in [-0.25, -0.2) is 0 Å². The number of hydrogen-bond acceptors (Lipinski definition) is 2. The summed E-state index contributed by atoms with van der Waals surface area (Å²) < 4.78 is 0. The van der Waals surface area contributed by atoms with Gasteiger partial charge >= 0.3 is 0 Å². The van der Waals surface area contributed by atoms with E-state index in [0.29, 0.717) is 15.6 Å². The van der Waals surface area contributed by atoms with E-state index < -0.39 is 5.41 Å². The van der Waals surface area contributed by atoms with Crippen molar-refractivity contribution < 1.29 is 9.59 Å². The molecule has 6 heteroatoms. The summed E-state index contributed by atoms with van der Waals surface area (Å²) in [6, 6.07) is 14.2. The fourth-order valence-electron chi connectivity index (χ4n) is 6.87. The number of likely N-dealkylation sites (tertiary alicyclic amines) is 1. The van der Waals surface area contributed by atoms with Crippen LogP contribution in [0.2, 0.25) is 10.0 Å². The van der Waals surface area contributed by atoms with Crippen molar-refractivity contribution in [3.05, 3.63) is 69.2 Å². The molecule has 1 N–H and O–H groups in total. The molecule has 0 bridgehead atoms. The van der Waals surface area contributed by atoms with Gasteiger partial charge in [0.15, 0.2) is 0 Å². The van der Waals surface area contributed by atoms with Crippen LogP contribution in [0.5, 0.6) is 0 Å². The molecule has 2 aromatic carbocycles. The van der Waals surface area contributed by atoms with Crippen LogP contribution < -0.4 is 5.32 Å². The minimum absolute atomic E-state index is 0.0585. The smallest absolute Gasteiger partial charge is 0.254 e. The second kappa shape index (κ2) is 8.87. The third kappa shape index (κ3) is 3.83. The maximum Gasteiger partial charge on any atom is 0.254 e. The quantitative estimate of drug-likeness (QED) is 0.530. The van der Waals surface area contributed by atoms with Crippen LogP contribution in [-0.4, -0.2) is 35.3 Å². The summed E-state index contributed by atoms with van der Waals surface area (Å²) in [5.74, 6) is 0.611. The summed E-state index contributed by atoms with van der Waals surface area (Å²) in [7, 11) is 0. The Morgan fingerprint density at radius 3 is 2.47 bits per heavy atom. The first-order valence-corrected chi connectivity index (χ1v) is 13.1. The zero-order valence-electron chi connectivity index (χ0n) is 20.0. The van der Waals surface area contributed by atoms with Gasteiger partial charge < -0.3 is 10.2 Å². The molecular formula is C28H32Cl2N2O2. The standard InChI is InChI=1S/C28H32Cl2N2O2/c1-16-5-4-14-32(16)26(33)19-8-11-21(23(30)15-19)22-12-13-28(3)25(17(2)31-27(28)34)24(22)18-6-9-20(29)10-7-18/h6-11,15-17,22,24-25H,4-5,12-14H2,1-3H3,(H,31,34)/t16?,17-,22+,24+,25+,28-/m1/s1. The predicted molar refractivity (Wildman–Crippen MR) is 137 cm³/mol. The number of nitrogens with one attached hydrogen (secondary N) is 1. The Balaban J connectivity index is 1.53. The fourth-order valence-corrected chi connectivity index (χ4v) is 7.32. The van der Waals surface area contributed by atoms with Crippen LogP contribution in [0, 0.1) is 11.3 Å². The molecule has 1 unspecified atom stereocenters. The van der Waals surface area contributed by atoms with Crippen molar-refractivity contribution >= 4 is 35.0 Å². The van der Waals surface area contributed by atoms with E-state index in [2.05, 4.69) is 38.2 Å². The van der Waals surface area contributed by atoms with Gasteiger partial charge in [0.05, 0.1) is 5.41 Å². The van der Waals surface area contributed by atoms with Gasteiger partial charge in [-0.2, -0.15) is 0 Å². The average molecular weight is 499 g/mol. The molecule has 0 spiro atoms. The maximum atomic E-state index is 13.1. The van der Waals surface area contributed by atoms with E-state index in [1.54, 1.807) is 0 Å². The minimum atomic E-state index is -0.408. The number of carbonyl (C=O) groups excluding carboxylic acids is 2. The molecular weight excluding hydrogens is 467 g/mol. The lowest BCUT2D eigenvalue weighted by atomic mass is 9.56. The SMILES string of the molecule is CC1CCCN1C(=O)c1ccc([C@@H]2CC[C@@]3(C)C(=O)N[C@H](C)[C@H]3[C@H]2c2ccc(Cl)cc2)c(Cl)c1. The zero-order chi connectivity index (χ0) is 24.2. The van der Waals surface area contributed by atoms with Crippen molar-refractivity contribution in [1.29, 1.82) is 0 Å². The Bertz CT molecular complexity index is 1120. The van der Waals surface area contributed by atoms with E-state index in [1.807, 2.05) is 35.2 Å². The van der Waals surface area contributed by atoms with Crippen molar-refractivity contribution in [2.45, 2.75) is 70.4 Å². The molecule has 4 nitrogen and oxygen atoms in total. The van der Waals surface area contributed by atoms with E-state index in [9.17, 15) is 9.59 Å². The molecule has 1 aliphatic carbocycles. The molecule has 1 saturated carbocycles. The average Bonchev–Trinajstić information content (AvgIpc) is 3.33. The highest BCUT2D eigenvalue weighted by atomic mass is 35.5. The monoisotopic (exact) mass is 498 g/mol. The Morgan fingerprint density at radius 1 is 1.09 bits per heavy atom. The van der Waals surface area contributed by atoms with Gasteiger partial charge in [-0.1, -0.05) is 48.3 Å². The van der Waals surface area contributed by atoms with E-state index in [-0.39, 0.29) is 41.7 Å². The fraction of sp³-hybridized carbons (Fsp3) is 0.500. The van der Waals surface area contributed by atoms with Crippen LogP contribution in [0.1, 0.15) is 79.8 Å². The van der Waals surface area contributed by atoms with E-state index in [0.717, 1.165) is 37.8 Å². The lowest BCUT2D eigenvalue weighted by Gasteiger charge is -2.46. The summed E-state index contributed by atoms with van der Waals surface area (Å²) in [5.41, 5.74) is 2.48. The number of nitrogens with zero attached hydrogens (tertiary/aromatic N) is 1. The van der Waals surface area contributed by atoms with E-state index in [1.165, 1.54) is 5.56 Å². The maximum absolute atomic E-state index is 13.1. The first-order chi connectivity index (χ1) is 16.2. The molecule has 34 heavy (non-hydrogen) atoms. The van der Waals surface area contributed by atoms with Crippen LogP contribution >= 0.6 is 23.2 Å². The largest absolute Gasteiger partial charge is 0.353 e. The lowest BCUT2D eigenvalue weighted by Crippen LogP contribution is -2.42.